The van der Waals surface area contributed by atoms with Crippen LogP contribution >= 0.6 is 0 Å². The lowest BCUT2D eigenvalue weighted by Gasteiger charge is -2.11. The molecule has 1 aromatic rings. The molecule has 18 heavy (non-hydrogen) atoms. The number of carboxylic acids is 1. The van der Waals surface area contributed by atoms with Crippen LogP contribution < -0.4 is 5.73 Å². The van der Waals surface area contributed by atoms with E-state index in [1.807, 2.05) is 0 Å². The zero-order valence-electron chi connectivity index (χ0n) is 10.0. The van der Waals surface area contributed by atoms with Gasteiger partial charge in [0.25, 0.3) is 0 Å². The number of hydrogen-bond donors (Lipinski definition) is 3. The molecule has 0 spiro atoms. The van der Waals surface area contributed by atoms with E-state index in [1.165, 1.54) is 18.2 Å². The van der Waals surface area contributed by atoms with Crippen molar-refractivity contribution < 1.29 is 19.8 Å². The number of carboxylic acid groups (broad SMARTS) is 1. The summed E-state index contributed by atoms with van der Waals surface area (Å²) < 4.78 is 0. The van der Waals surface area contributed by atoms with Gasteiger partial charge >= 0.3 is 5.97 Å². The predicted molar refractivity (Wildman–Crippen MR) is 66.6 cm³/mol. The molecule has 4 N–H and O–H groups in total. The van der Waals surface area contributed by atoms with Crippen LogP contribution in [0.2, 0.25) is 0 Å². The van der Waals surface area contributed by atoms with Crippen molar-refractivity contribution in [3.8, 4) is 5.75 Å². The fourth-order valence-electron chi connectivity index (χ4n) is 1.51. The van der Waals surface area contributed by atoms with Crippen LogP contribution in [0.1, 0.15) is 22.8 Å². The maximum absolute atomic E-state index is 11.9. The molecular weight excluding hydrogens is 234 g/mol. The number of hydrogen-bond acceptors (Lipinski definition) is 4. The van der Waals surface area contributed by atoms with E-state index in [4.69, 9.17) is 10.8 Å². The van der Waals surface area contributed by atoms with Crippen molar-refractivity contribution in [2.45, 2.75) is 19.4 Å². The molecule has 0 heterocycles. The first-order valence-electron chi connectivity index (χ1n) is 5.33. The highest BCUT2D eigenvalue weighted by molar-refractivity contribution is 6.09. The molecule has 5 heteroatoms. The summed E-state index contributed by atoms with van der Waals surface area (Å²) >= 11 is 0. The summed E-state index contributed by atoms with van der Waals surface area (Å²) in [6, 6.07) is 3.08. The Morgan fingerprint density at radius 1 is 1.44 bits per heavy atom. The van der Waals surface area contributed by atoms with Crippen LogP contribution in [0.5, 0.6) is 5.75 Å². The molecule has 96 valence electrons. The van der Waals surface area contributed by atoms with E-state index in [0.717, 1.165) is 0 Å². The molecule has 0 aliphatic rings. The highest BCUT2D eigenvalue weighted by atomic mass is 16.4. The van der Waals surface area contributed by atoms with Gasteiger partial charge in [0, 0.05) is 5.56 Å². The van der Waals surface area contributed by atoms with Gasteiger partial charge in [-0.3, -0.25) is 9.59 Å². The Kier molecular flexibility index (Phi) is 4.23. The molecule has 0 aliphatic heterocycles. The lowest BCUT2D eigenvalue weighted by atomic mass is 9.95. The van der Waals surface area contributed by atoms with Gasteiger partial charge in [0.2, 0.25) is 0 Å². The minimum atomic E-state index is -1.14. The maximum Gasteiger partial charge on any atom is 0.320 e. The zero-order chi connectivity index (χ0) is 13.9. The third-order valence-electron chi connectivity index (χ3n) is 2.48. The number of nitrogens with two attached hydrogens (primary N) is 1. The van der Waals surface area contributed by atoms with Gasteiger partial charge < -0.3 is 15.9 Å². The monoisotopic (exact) mass is 249 g/mol. The van der Waals surface area contributed by atoms with Crippen LogP contribution in [0.25, 0.3) is 0 Å². The van der Waals surface area contributed by atoms with E-state index in [1.54, 1.807) is 6.92 Å². The number of allylic oxidation sites excluding steroid dienone is 1. The number of ketones is 1. The summed E-state index contributed by atoms with van der Waals surface area (Å²) in [7, 11) is 0. The second-order valence-electron chi connectivity index (χ2n) is 4.10. The van der Waals surface area contributed by atoms with Crippen LogP contribution in [-0.4, -0.2) is 28.0 Å². The SMILES string of the molecule is C=C(C)C(=O)c1cc(O)ccc1C[C@H](N)C(=O)O. The maximum atomic E-state index is 11.9. The average molecular weight is 249 g/mol. The van der Waals surface area contributed by atoms with Gasteiger partial charge in [0.05, 0.1) is 0 Å². The van der Waals surface area contributed by atoms with Gasteiger partial charge in [0.1, 0.15) is 11.8 Å². The molecule has 0 aliphatic carbocycles. The predicted octanol–water partition coefficient (Wildman–Crippen LogP) is 1.11. The van der Waals surface area contributed by atoms with Crippen molar-refractivity contribution >= 4 is 11.8 Å². The topological polar surface area (TPSA) is 101 Å². The molecule has 0 saturated carbocycles. The van der Waals surface area contributed by atoms with E-state index in [2.05, 4.69) is 6.58 Å². The standard InChI is InChI=1S/C13H15NO4/c1-7(2)12(16)10-6-9(15)4-3-8(10)5-11(14)13(17)18/h3-4,6,11,15H,1,5,14H2,2H3,(H,17,18)/t11-/m0/s1. The first-order valence-corrected chi connectivity index (χ1v) is 5.33. The van der Waals surface area contributed by atoms with Crippen molar-refractivity contribution in [1.82, 2.24) is 0 Å². The summed E-state index contributed by atoms with van der Waals surface area (Å²) in [4.78, 5) is 22.6. The number of phenolic OH excluding ortho intramolecular Hbond substituents is 1. The quantitative estimate of drug-likeness (QED) is 0.536. The van der Waals surface area contributed by atoms with Crippen molar-refractivity contribution in [2.75, 3.05) is 0 Å². The molecule has 0 aromatic heterocycles. The Balaban J connectivity index is 3.15. The molecule has 0 fully saturated rings. The number of carbonyl (C=O) groups is 2. The van der Waals surface area contributed by atoms with E-state index in [0.29, 0.717) is 11.1 Å². The molecule has 0 bridgehead atoms. The second-order valence-corrected chi connectivity index (χ2v) is 4.10. The highest BCUT2D eigenvalue weighted by Gasteiger charge is 2.18. The number of aliphatic carboxylic acids is 1. The molecule has 5 nitrogen and oxygen atoms in total. The number of carbonyl (C=O) groups excluding carboxylic acids is 1. The molecule has 0 saturated heterocycles. The Hall–Kier alpha value is -2.14. The van der Waals surface area contributed by atoms with E-state index in [9.17, 15) is 14.7 Å². The van der Waals surface area contributed by atoms with E-state index < -0.39 is 12.0 Å². The van der Waals surface area contributed by atoms with Crippen LogP contribution in [0.15, 0.2) is 30.4 Å². The van der Waals surface area contributed by atoms with Crippen molar-refractivity contribution in [3.05, 3.63) is 41.5 Å². The molecule has 1 rings (SSSR count). The Morgan fingerprint density at radius 2 is 2.06 bits per heavy atom. The second kappa shape index (κ2) is 5.46. The molecule has 0 amide bonds. The lowest BCUT2D eigenvalue weighted by Crippen LogP contribution is -2.32. The third kappa shape index (κ3) is 3.18. The normalized spacial score (nSPS) is 11.9. The van der Waals surface area contributed by atoms with Crippen LogP contribution in [-0.2, 0) is 11.2 Å². The molecule has 1 aromatic carbocycles. The summed E-state index contributed by atoms with van der Waals surface area (Å²) in [6.45, 7) is 5.09. The van der Waals surface area contributed by atoms with E-state index >= 15 is 0 Å². The van der Waals surface area contributed by atoms with Crippen molar-refractivity contribution in [2.24, 2.45) is 5.73 Å². The molecule has 0 unspecified atom stereocenters. The summed E-state index contributed by atoms with van der Waals surface area (Å²) in [5.41, 5.74) is 6.46. The molecule has 1 atom stereocenters. The summed E-state index contributed by atoms with van der Waals surface area (Å²) in [5.74, 6) is -1.54. The van der Waals surface area contributed by atoms with Crippen LogP contribution in [0, 0.1) is 0 Å². The van der Waals surface area contributed by atoms with Gasteiger partial charge in [0.15, 0.2) is 5.78 Å². The Morgan fingerprint density at radius 3 is 2.56 bits per heavy atom. The van der Waals surface area contributed by atoms with Crippen LogP contribution in [0.3, 0.4) is 0 Å². The van der Waals surface area contributed by atoms with Gasteiger partial charge in [-0.05, 0) is 36.6 Å². The first kappa shape index (κ1) is 13.9. The smallest absolute Gasteiger partial charge is 0.320 e. The molecule has 0 radical (unpaired) electrons. The lowest BCUT2D eigenvalue weighted by molar-refractivity contribution is -0.138. The molecular formula is C13H15NO4. The Bertz CT molecular complexity index is 508. The van der Waals surface area contributed by atoms with Crippen molar-refractivity contribution in [3.63, 3.8) is 0 Å². The Labute approximate surface area is 105 Å². The number of phenols is 1. The summed E-state index contributed by atoms with van der Waals surface area (Å²) in [5, 5.41) is 18.1. The van der Waals surface area contributed by atoms with Crippen molar-refractivity contribution in [1.29, 1.82) is 0 Å². The minimum absolute atomic E-state index is 0.0178. The van der Waals surface area contributed by atoms with Gasteiger partial charge in [-0.2, -0.15) is 0 Å². The fourth-order valence-corrected chi connectivity index (χ4v) is 1.51. The minimum Gasteiger partial charge on any atom is -0.508 e. The third-order valence-corrected chi connectivity index (χ3v) is 2.48. The van der Waals surface area contributed by atoms with E-state index in [-0.39, 0.29) is 23.5 Å². The number of benzene rings is 1. The highest BCUT2D eigenvalue weighted by Crippen LogP contribution is 2.20. The summed E-state index contributed by atoms with van der Waals surface area (Å²) in [6.07, 6.45) is 0.0178. The van der Waals surface area contributed by atoms with Crippen LogP contribution in [0.4, 0.5) is 0 Å². The zero-order valence-corrected chi connectivity index (χ0v) is 10.0. The number of Topliss-reactive ketones (excluding diaryl/α,β-unsaturated/α-hetero) is 1. The van der Waals surface area contributed by atoms with Gasteiger partial charge in [-0.25, -0.2) is 0 Å². The number of rotatable bonds is 5. The van der Waals surface area contributed by atoms with Gasteiger partial charge in [-0.1, -0.05) is 12.6 Å². The average Bonchev–Trinajstić information content (AvgIpc) is 2.30. The fraction of sp³-hybridized carbons (Fsp3) is 0.231. The largest absolute Gasteiger partial charge is 0.508 e. The van der Waals surface area contributed by atoms with Gasteiger partial charge in [-0.15, -0.1) is 0 Å². The first-order chi connectivity index (χ1) is 8.32. The number of aromatic hydroxyl groups is 1.